The van der Waals surface area contributed by atoms with Crippen molar-refractivity contribution in [3.05, 3.63) is 30.1 Å². The van der Waals surface area contributed by atoms with Gasteiger partial charge in [-0.3, -0.25) is 9.82 Å². The van der Waals surface area contributed by atoms with Crippen LogP contribution in [0.15, 0.2) is 24.5 Å². The largest absolute Gasteiger partial charge is 0.326 e. The fourth-order valence-electron chi connectivity index (χ4n) is 1.98. The van der Waals surface area contributed by atoms with Gasteiger partial charge in [-0.05, 0) is 31.0 Å². The molecule has 1 aliphatic rings. The van der Waals surface area contributed by atoms with Gasteiger partial charge in [-0.15, -0.1) is 0 Å². The number of nitrogens with two attached hydrogens (primary N) is 1. The summed E-state index contributed by atoms with van der Waals surface area (Å²) in [5, 5.41) is 1.99. The first-order valence-electron chi connectivity index (χ1n) is 5.34. The third-order valence-electron chi connectivity index (χ3n) is 2.64. The average molecular weight is 207 g/mol. The van der Waals surface area contributed by atoms with E-state index in [9.17, 15) is 0 Å². The molecule has 0 aliphatic carbocycles. The van der Waals surface area contributed by atoms with Crippen molar-refractivity contribution < 1.29 is 4.84 Å². The van der Waals surface area contributed by atoms with E-state index < -0.39 is 0 Å². The third-order valence-corrected chi connectivity index (χ3v) is 2.64. The summed E-state index contributed by atoms with van der Waals surface area (Å²) in [4.78, 5) is 9.58. The standard InChI is InChI=1S/C11H17N3O/c1-9(12)11(14-7-2-8-15-14)10-3-5-13-6-4-10/h3-6,9,11H,2,7-8,12H2,1H3. The minimum Gasteiger partial charge on any atom is -0.326 e. The molecule has 2 unspecified atom stereocenters. The van der Waals surface area contributed by atoms with E-state index >= 15 is 0 Å². The van der Waals surface area contributed by atoms with Crippen LogP contribution in [0.1, 0.15) is 24.9 Å². The Morgan fingerprint density at radius 1 is 1.47 bits per heavy atom. The van der Waals surface area contributed by atoms with Gasteiger partial charge in [0.05, 0.1) is 12.6 Å². The Bertz CT molecular complexity index is 296. The molecule has 2 rings (SSSR count). The van der Waals surface area contributed by atoms with Crippen LogP contribution in [-0.4, -0.2) is 29.2 Å². The van der Waals surface area contributed by atoms with E-state index in [1.807, 2.05) is 24.1 Å². The monoisotopic (exact) mass is 207 g/mol. The molecule has 4 nitrogen and oxygen atoms in total. The van der Waals surface area contributed by atoms with Crippen LogP contribution in [0.5, 0.6) is 0 Å². The Balaban J connectivity index is 2.19. The minimum atomic E-state index is 0.0468. The Hall–Kier alpha value is -0.970. The summed E-state index contributed by atoms with van der Waals surface area (Å²) in [6.07, 6.45) is 4.66. The Morgan fingerprint density at radius 3 is 2.73 bits per heavy atom. The van der Waals surface area contributed by atoms with E-state index in [2.05, 4.69) is 4.98 Å². The van der Waals surface area contributed by atoms with Gasteiger partial charge in [0, 0.05) is 25.0 Å². The molecule has 0 aromatic carbocycles. The van der Waals surface area contributed by atoms with Gasteiger partial charge in [-0.1, -0.05) is 0 Å². The SMILES string of the molecule is CC(N)C(c1ccncc1)N1CCCO1. The number of hydroxylamine groups is 2. The van der Waals surface area contributed by atoms with Crippen LogP contribution >= 0.6 is 0 Å². The van der Waals surface area contributed by atoms with Gasteiger partial charge in [0.25, 0.3) is 0 Å². The van der Waals surface area contributed by atoms with Gasteiger partial charge in [0.2, 0.25) is 0 Å². The second-order valence-corrected chi connectivity index (χ2v) is 3.91. The molecule has 0 amide bonds. The van der Waals surface area contributed by atoms with E-state index in [0.717, 1.165) is 19.6 Å². The van der Waals surface area contributed by atoms with Crippen LogP contribution in [-0.2, 0) is 4.84 Å². The van der Waals surface area contributed by atoms with Crippen molar-refractivity contribution in [2.75, 3.05) is 13.2 Å². The van der Waals surface area contributed by atoms with Crippen LogP contribution in [0, 0.1) is 0 Å². The predicted molar refractivity (Wildman–Crippen MR) is 57.9 cm³/mol. The molecule has 0 bridgehead atoms. The van der Waals surface area contributed by atoms with Crippen LogP contribution in [0.4, 0.5) is 0 Å². The van der Waals surface area contributed by atoms with E-state index in [-0.39, 0.29) is 12.1 Å². The number of nitrogens with zero attached hydrogens (tertiary/aromatic N) is 2. The molecule has 1 aromatic heterocycles. The average Bonchev–Trinajstić information content (AvgIpc) is 2.72. The highest BCUT2D eigenvalue weighted by Crippen LogP contribution is 2.25. The first-order chi connectivity index (χ1) is 7.29. The van der Waals surface area contributed by atoms with Crippen molar-refractivity contribution >= 4 is 0 Å². The highest BCUT2D eigenvalue weighted by molar-refractivity contribution is 5.16. The minimum absolute atomic E-state index is 0.0468. The highest BCUT2D eigenvalue weighted by atomic mass is 16.7. The van der Waals surface area contributed by atoms with Gasteiger partial charge in [-0.25, -0.2) is 0 Å². The van der Waals surface area contributed by atoms with Crippen molar-refractivity contribution in [3.8, 4) is 0 Å². The lowest BCUT2D eigenvalue weighted by atomic mass is 10.0. The molecule has 0 saturated carbocycles. The summed E-state index contributed by atoms with van der Waals surface area (Å²) < 4.78 is 0. The van der Waals surface area contributed by atoms with Gasteiger partial charge in [-0.2, -0.15) is 5.06 Å². The zero-order valence-electron chi connectivity index (χ0n) is 8.97. The topological polar surface area (TPSA) is 51.4 Å². The molecule has 82 valence electrons. The van der Waals surface area contributed by atoms with Crippen LogP contribution in [0.2, 0.25) is 0 Å². The highest BCUT2D eigenvalue weighted by Gasteiger charge is 2.27. The zero-order valence-corrected chi connectivity index (χ0v) is 8.97. The van der Waals surface area contributed by atoms with Gasteiger partial charge in [0.15, 0.2) is 0 Å². The second kappa shape index (κ2) is 4.70. The number of aromatic nitrogens is 1. The molecule has 0 spiro atoms. The summed E-state index contributed by atoms with van der Waals surface area (Å²) >= 11 is 0. The predicted octanol–water partition coefficient (Wildman–Crippen LogP) is 1.11. The molecule has 2 heterocycles. The fourth-order valence-corrected chi connectivity index (χ4v) is 1.98. The molecule has 4 heteroatoms. The molecule has 1 aromatic rings. The fraction of sp³-hybridized carbons (Fsp3) is 0.545. The van der Waals surface area contributed by atoms with Crippen molar-refractivity contribution in [3.63, 3.8) is 0 Å². The zero-order chi connectivity index (χ0) is 10.7. The van der Waals surface area contributed by atoms with Crippen molar-refractivity contribution in [1.82, 2.24) is 10.0 Å². The first-order valence-corrected chi connectivity index (χ1v) is 5.34. The lowest BCUT2D eigenvalue weighted by molar-refractivity contribution is -0.147. The maximum Gasteiger partial charge on any atom is 0.0751 e. The third kappa shape index (κ3) is 2.34. The second-order valence-electron chi connectivity index (χ2n) is 3.91. The summed E-state index contributed by atoms with van der Waals surface area (Å²) in [6, 6.07) is 4.17. The molecule has 2 atom stereocenters. The lowest BCUT2D eigenvalue weighted by Crippen LogP contribution is -2.37. The van der Waals surface area contributed by atoms with Gasteiger partial charge in [0.1, 0.15) is 0 Å². The normalized spacial score (nSPS) is 21.5. The van der Waals surface area contributed by atoms with E-state index in [0.29, 0.717) is 0 Å². The Morgan fingerprint density at radius 2 is 2.20 bits per heavy atom. The molecular formula is C11H17N3O. The summed E-state index contributed by atoms with van der Waals surface area (Å²) in [5.41, 5.74) is 7.17. The van der Waals surface area contributed by atoms with E-state index in [4.69, 9.17) is 10.6 Å². The maximum absolute atomic E-state index is 6.01. The maximum atomic E-state index is 6.01. The molecule has 1 saturated heterocycles. The molecule has 2 N–H and O–H groups in total. The Labute approximate surface area is 90.0 Å². The number of hydrogen-bond donors (Lipinski definition) is 1. The molecule has 0 radical (unpaired) electrons. The van der Waals surface area contributed by atoms with Crippen LogP contribution < -0.4 is 5.73 Å². The molecular weight excluding hydrogens is 190 g/mol. The van der Waals surface area contributed by atoms with Crippen molar-refractivity contribution in [1.29, 1.82) is 0 Å². The number of rotatable bonds is 3. The van der Waals surface area contributed by atoms with Crippen LogP contribution in [0.25, 0.3) is 0 Å². The Kier molecular flexibility index (Phi) is 3.30. The lowest BCUT2D eigenvalue weighted by Gasteiger charge is -2.29. The van der Waals surface area contributed by atoms with E-state index in [1.54, 1.807) is 12.4 Å². The van der Waals surface area contributed by atoms with Crippen LogP contribution in [0.3, 0.4) is 0 Å². The molecule has 1 fully saturated rings. The molecule has 1 aliphatic heterocycles. The summed E-state index contributed by atoms with van der Waals surface area (Å²) in [5.74, 6) is 0. The summed E-state index contributed by atoms with van der Waals surface area (Å²) in [7, 11) is 0. The smallest absolute Gasteiger partial charge is 0.0751 e. The van der Waals surface area contributed by atoms with Gasteiger partial charge >= 0.3 is 0 Å². The van der Waals surface area contributed by atoms with Gasteiger partial charge < -0.3 is 5.73 Å². The molecule has 15 heavy (non-hydrogen) atoms. The first kappa shape index (κ1) is 10.5. The summed E-state index contributed by atoms with van der Waals surface area (Å²) in [6.45, 7) is 3.76. The number of hydrogen-bond acceptors (Lipinski definition) is 4. The van der Waals surface area contributed by atoms with Crippen molar-refractivity contribution in [2.24, 2.45) is 5.73 Å². The number of pyridine rings is 1. The quantitative estimate of drug-likeness (QED) is 0.806. The van der Waals surface area contributed by atoms with E-state index in [1.165, 1.54) is 5.56 Å². The van der Waals surface area contributed by atoms with Crippen molar-refractivity contribution in [2.45, 2.75) is 25.4 Å².